The molecule has 1 unspecified atom stereocenters. The van der Waals surface area contributed by atoms with Crippen LogP contribution in [-0.2, 0) is 0 Å². The van der Waals surface area contributed by atoms with Gasteiger partial charge in [0.25, 0.3) is 0 Å². The molecule has 0 aromatic heterocycles. The molecule has 0 bridgehead atoms. The van der Waals surface area contributed by atoms with Gasteiger partial charge in [-0.2, -0.15) is 13.2 Å². The van der Waals surface area contributed by atoms with E-state index >= 15 is 0 Å². The molecule has 0 radical (unpaired) electrons. The smallest absolute Gasteiger partial charge is 0.328 e. The number of hydrogen-bond acceptors (Lipinski definition) is 2. The van der Waals surface area contributed by atoms with Gasteiger partial charge < -0.3 is 5.73 Å². The van der Waals surface area contributed by atoms with E-state index < -0.39 is 6.18 Å². The van der Waals surface area contributed by atoms with Crippen LogP contribution in [0.5, 0.6) is 0 Å². The third-order valence-corrected chi connectivity index (χ3v) is 3.35. The Hall–Kier alpha value is -0.550. The number of halogens is 3. The monoisotopic (exact) mass is 278 g/mol. The van der Waals surface area contributed by atoms with Crippen molar-refractivity contribution in [1.29, 1.82) is 0 Å². The molecule has 0 aromatic rings. The molecule has 1 aliphatic heterocycles. The lowest BCUT2D eigenvalue weighted by Crippen LogP contribution is -2.36. The van der Waals surface area contributed by atoms with Crippen molar-refractivity contribution in [2.75, 3.05) is 19.6 Å². The summed E-state index contributed by atoms with van der Waals surface area (Å²) in [5, 5.41) is 0. The molecule has 0 aliphatic carbocycles. The number of alkyl halides is 3. The van der Waals surface area contributed by atoms with Crippen LogP contribution < -0.4 is 5.73 Å². The highest BCUT2D eigenvalue weighted by Gasteiger charge is 2.34. The first kappa shape index (κ1) is 16.5. The number of nitrogens with two attached hydrogens (primary N) is 1. The maximum atomic E-state index is 12.5. The maximum Gasteiger partial charge on any atom is 0.412 e. The fourth-order valence-corrected chi connectivity index (χ4v) is 2.41. The van der Waals surface area contributed by atoms with Gasteiger partial charge in [-0.25, -0.2) is 0 Å². The van der Waals surface area contributed by atoms with Crippen molar-refractivity contribution in [3.05, 3.63) is 11.6 Å². The van der Waals surface area contributed by atoms with E-state index in [2.05, 4.69) is 20.8 Å². The van der Waals surface area contributed by atoms with Crippen LogP contribution in [0.15, 0.2) is 11.6 Å². The van der Waals surface area contributed by atoms with E-state index in [0.29, 0.717) is 13.1 Å². The molecule has 0 saturated heterocycles. The first-order valence-corrected chi connectivity index (χ1v) is 6.82. The van der Waals surface area contributed by atoms with Crippen molar-refractivity contribution in [1.82, 2.24) is 4.90 Å². The van der Waals surface area contributed by atoms with Gasteiger partial charge in [-0.05, 0) is 31.2 Å². The van der Waals surface area contributed by atoms with E-state index in [-0.39, 0.29) is 23.5 Å². The number of nitrogens with zero attached hydrogens (tertiary/aromatic N) is 1. The molecule has 0 fully saturated rings. The van der Waals surface area contributed by atoms with Crippen molar-refractivity contribution in [2.45, 2.75) is 52.3 Å². The second-order valence-electron chi connectivity index (χ2n) is 6.59. The molecule has 2 N–H and O–H groups in total. The summed E-state index contributed by atoms with van der Waals surface area (Å²) in [4.78, 5) is 2.04. The zero-order chi connectivity index (χ0) is 14.7. The molecule has 0 saturated carbocycles. The van der Waals surface area contributed by atoms with Gasteiger partial charge in [0.15, 0.2) is 0 Å². The van der Waals surface area contributed by atoms with Crippen LogP contribution in [0.4, 0.5) is 13.2 Å². The van der Waals surface area contributed by atoms with Crippen molar-refractivity contribution in [3.63, 3.8) is 0 Å². The lowest BCUT2D eigenvalue weighted by Gasteiger charge is -2.29. The van der Waals surface area contributed by atoms with E-state index in [1.54, 1.807) is 0 Å². The average Bonchev–Trinajstić information content (AvgIpc) is 2.23. The Morgan fingerprint density at radius 3 is 2.37 bits per heavy atom. The standard InChI is InChI=1S/C14H25F3N2/c1-13(2,3)10-12(18)6-9-19-7-4-11(5-8-19)14(15,16)17/h4,12H,5-10,18H2,1-3H3. The zero-order valence-corrected chi connectivity index (χ0v) is 12.1. The van der Waals surface area contributed by atoms with E-state index in [1.807, 2.05) is 4.90 Å². The van der Waals surface area contributed by atoms with Crippen molar-refractivity contribution < 1.29 is 13.2 Å². The molecule has 1 rings (SSSR count). The molecule has 1 aliphatic rings. The summed E-state index contributed by atoms with van der Waals surface area (Å²) in [5.74, 6) is 0. The zero-order valence-electron chi connectivity index (χ0n) is 12.1. The minimum absolute atomic E-state index is 0.0952. The van der Waals surface area contributed by atoms with Gasteiger partial charge in [-0.3, -0.25) is 4.90 Å². The van der Waals surface area contributed by atoms with Gasteiger partial charge in [-0.15, -0.1) is 0 Å². The van der Waals surface area contributed by atoms with Crippen LogP contribution in [0.1, 0.15) is 40.0 Å². The Bertz CT molecular complexity index is 316. The van der Waals surface area contributed by atoms with Crippen LogP contribution in [0, 0.1) is 5.41 Å². The number of hydrogen-bond donors (Lipinski definition) is 1. The summed E-state index contributed by atoms with van der Waals surface area (Å²) in [5.41, 5.74) is 5.86. The van der Waals surface area contributed by atoms with Crippen LogP contribution in [0.3, 0.4) is 0 Å². The Labute approximate surface area is 113 Å². The minimum atomic E-state index is -4.16. The summed E-state index contributed by atoms with van der Waals surface area (Å²) in [6.07, 6.45) is -0.984. The Kier molecular flexibility index (Phi) is 5.44. The van der Waals surface area contributed by atoms with Gasteiger partial charge >= 0.3 is 6.18 Å². The highest BCUT2D eigenvalue weighted by molar-refractivity contribution is 5.12. The second kappa shape index (κ2) is 6.27. The van der Waals surface area contributed by atoms with Crippen LogP contribution in [0.2, 0.25) is 0 Å². The molecule has 2 nitrogen and oxygen atoms in total. The summed E-state index contributed by atoms with van der Waals surface area (Å²) < 4.78 is 37.4. The third-order valence-electron chi connectivity index (χ3n) is 3.35. The largest absolute Gasteiger partial charge is 0.412 e. The van der Waals surface area contributed by atoms with Crippen LogP contribution >= 0.6 is 0 Å². The average molecular weight is 278 g/mol. The fraction of sp³-hybridized carbons (Fsp3) is 0.857. The molecular formula is C14H25F3N2. The predicted octanol–water partition coefficient (Wildman–Crippen LogP) is 3.33. The minimum Gasteiger partial charge on any atom is -0.328 e. The van der Waals surface area contributed by atoms with Gasteiger partial charge in [-0.1, -0.05) is 26.8 Å². The highest BCUT2D eigenvalue weighted by Crippen LogP contribution is 2.30. The van der Waals surface area contributed by atoms with Gasteiger partial charge in [0, 0.05) is 24.7 Å². The normalized spacial score (nSPS) is 20.3. The lowest BCUT2D eigenvalue weighted by molar-refractivity contribution is -0.0960. The predicted molar refractivity (Wildman–Crippen MR) is 71.9 cm³/mol. The van der Waals surface area contributed by atoms with E-state index in [1.165, 1.54) is 6.08 Å². The summed E-state index contributed by atoms with van der Waals surface area (Å²) in [7, 11) is 0. The van der Waals surface area contributed by atoms with E-state index in [9.17, 15) is 13.2 Å². The Morgan fingerprint density at radius 2 is 1.95 bits per heavy atom. The second-order valence-corrected chi connectivity index (χ2v) is 6.59. The van der Waals surface area contributed by atoms with E-state index in [0.717, 1.165) is 19.4 Å². The van der Waals surface area contributed by atoms with Crippen LogP contribution in [0.25, 0.3) is 0 Å². The molecule has 0 spiro atoms. The van der Waals surface area contributed by atoms with Gasteiger partial charge in [0.1, 0.15) is 0 Å². The van der Waals surface area contributed by atoms with Gasteiger partial charge in [0.2, 0.25) is 0 Å². The topological polar surface area (TPSA) is 29.3 Å². The molecule has 0 amide bonds. The fourth-order valence-electron chi connectivity index (χ4n) is 2.41. The summed E-state index contributed by atoms with van der Waals surface area (Å²) >= 11 is 0. The molecular weight excluding hydrogens is 253 g/mol. The molecule has 5 heteroatoms. The lowest BCUT2D eigenvalue weighted by atomic mass is 9.87. The molecule has 1 heterocycles. The van der Waals surface area contributed by atoms with Crippen LogP contribution in [-0.4, -0.2) is 36.8 Å². The molecule has 19 heavy (non-hydrogen) atoms. The van der Waals surface area contributed by atoms with Crippen molar-refractivity contribution in [3.8, 4) is 0 Å². The van der Waals surface area contributed by atoms with Crippen molar-refractivity contribution >= 4 is 0 Å². The molecule has 0 aromatic carbocycles. The first-order chi connectivity index (χ1) is 8.58. The quantitative estimate of drug-likeness (QED) is 0.799. The molecule has 1 atom stereocenters. The maximum absolute atomic E-state index is 12.5. The number of rotatable bonds is 4. The van der Waals surface area contributed by atoms with Crippen molar-refractivity contribution in [2.24, 2.45) is 11.1 Å². The first-order valence-electron chi connectivity index (χ1n) is 6.82. The SMILES string of the molecule is CC(C)(C)CC(N)CCN1CC=C(C(F)(F)F)CC1. The van der Waals surface area contributed by atoms with Gasteiger partial charge in [0.05, 0.1) is 0 Å². The highest BCUT2D eigenvalue weighted by atomic mass is 19.4. The molecule has 112 valence electrons. The Morgan fingerprint density at radius 1 is 1.32 bits per heavy atom. The summed E-state index contributed by atoms with van der Waals surface area (Å²) in [6.45, 7) is 8.08. The third kappa shape index (κ3) is 6.43. The Balaban J connectivity index is 2.32. The van der Waals surface area contributed by atoms with E-state index in [4.69, 9.17) is 5.73 Å². The summed E-state index contributed by atoms with van der Waals surface area (Å²) in [6, 6.07) is 0.119.